The Kier molecular flexibility index (Phi) is 4.53. The van der Waals surface area contributed by atoms with Gasteiger partial charge in [-0.05, 0) is 24.6 Å². The van der Waals surface area contributed by atoms with Gasteiger partial charge in [-0.1, -0.05) is 6.07 Å². The van der Waals surface area contributed by atoms with Crippen LogP contribution in [0.3, 0.4) is 0 Å². The molecule has 0 saturated carbocycles. The first-order chi connectivity index (χ1) is 11.0. The SMILES string of the molecule is Cc1ccc(N(C)S(=O)(=O)c2c(F)c(F)c(F)c(F)c2F)cc1F. The Morgan fingerprint density at radius 3 is 1.75 bits per heavy atom. The minimum Gasteiger partial charge on any atom is -0.269 e. The van der Waals surface area contributed by atoms with E-state index < -0.39 is 49.8 Å². The van der Waals surface area contributed by atoms with Gasteiger partial charge in [-0.2, -0.15) is 0 Å². The summed E-state index contributed by atoms with van der Waals surface area (Å²) in [6.45, 7) is 1.39. The molecule has 0 bridgehead atoms. The van der Waals surface area contributed by atoms with E-state index in [9.17, 15) is 34.8 Å². The normalized spacial score (nSPS) is 11.7. The van der Waals surface area contributed by atoms with Crippen molar-refractivity contribution in [3.8, 4) is 0 Å². The summed E-state index contributed by atoms with van der Waals surface area (Å²) in [5, 5.41) is 0. The van der Waals surface area contributed by atoms with Crippen molar-refractivity contribution in [1.82, 2.24) is 0 Å². The van der Waals surface area contributed by atoms with Crippen molar-refractivity contribution in [1.29, 1.82) is 0 Å². The lowest BCUT2D eigenvalue weighted by Crippen LogP contribution is -2.29. The number of nitrogens with zero attached hydrogens (tertiary/aromatic N) is 1. The number of hydrogen-bond donors (Lipinski definition) is 0. The smallest absolute Gasteiger partial charge is 0.269 e. The molecule has 130 valence electrons. The molecule has 2 aromatic rings. The molecular weight excluding hydrogens is 360 g/mol. The molecule has 0 fully saturated rings. The standard InChI is InChI=1S/C14H9F6NO2S/c1-6-3-4-7(5-8(6)15)21(2)24(22,23)14-12(19)10(17)9(16)11(18)13(14)20/h3-5H,1-2H3. The summed E-state index contributed by atoms with van der Waals surface area (Å²) in [4.78, 5) is -2.01. The summed E-state index contributed by atoms with van der Waals surface area (Å²) in [7, 11) is -4.39. The van der Waals surface area contributed by atoms with Gasteiger partial charge in [-0.15, -0.1) is 0 Å². The molecule has 10 heteroatoms. The molecule has 0 aliphatic rings. The lowest BCUT2D eigenvalue weighted by Gasteiger charge is -2.21. The summed E-state index contributed by atoms with van der Waals surface area (Å²) in [6, 6.07) is 3.05. The van der Waals surface area contributed by atoms with Crippen LogP contribution in [0.1, 0.15) is 5.56 Å². The van der Waals surface area contributed by atoms with Crippen LogP contribution in [0, 0.1) is 41.8 Å². The van der Waals surface area contributed by atoms with E-state index in [4.69, 9.17) is 0 Å². The molecule has 0 radical (unpaired) electrons. The molecule has 2 rings (SSSR count). The van der Waals surface area contributed by atoms with Gasteiger partial charge in [0.1, 0.15) is 5.82 Å². The Labute approximate surface area is 133 Å². The van der Waals surface area contributed by atoms with Crippen LogP contribution in [0.15, 0.2) is 23.1 Å². The van der Waals surface area contributed by atoms with E-state index in [1.54, 1.807) is 0 Å². The third-order valence-corrected chi connectivity index (χ3v) is 5.11. The highest BCUT2D eigenvalue weighted by Gasteiger charge is 2.36. The van der Waals surface area contributed by atoms with Gasteiger partial charge in [-0.25, -0.2) is 34.8 Å². The quantitative estimate of drug-likeness (QED) is 0.471. The molecule has 0 amide bonds. The zero-order valence-electron chi connectivity index (χ0n) is 12.2. The van der Waals surface area contributed by atoms with E-state index in [0.717, 1.165) is 19.2 Å². The zero-order valence-corrected chi connectivity index (χ0v) is 13.0. The molecular formula is C14H9F6NO2S. The van der Waals surface area contributed by atoms with Gasteiger partial charge >= 0.3 is 0 Å². The molecule has 0 aliphatic carbocycles. The van der Waals surface area contributed by atoms with Crippen molar-refractivity contribution in [2.24, 2.45) is 0 Å². The first-order valence-electron chi connectivity index (χ1n) is 6.26. The van der Waals surface area contributed by atoms with Crippen LogP contribution < -0.4 is 4.31 Å². The van der Waals surface area contributed by atoms with E-state index in [1.807, 2.05) is 0 Å². The van der Waals surface area contributed by atoms with Crippen molar-refractivity contribution in [3.63, 3.8) is 0 Å². The maximum absolute atomic E-state index is 13.7. The monoisotopic (exact) mass is 369 g/mol. The van der Waals surface area contributed by atoms with Gasteiger partial charge in [0.25, 0.3) is 10.0 Å². The first kappa shape index (κ1) is 18.1. The highest BCUT2D eigenvalue weighted by Crippen LogP contribution is 2.31. The Morgan fingerprint density at radius 2 is 1.29 bits per heavy atom. The zero-order chi connectivity index (χ0) is 18.4. The van der Waals surface area contributed by atoms with Gasteiger partial charge in [0, 0.05) is 7.05 Å². The number of benzene rings is 2. The largest absolute Gasteiger partial charge is 0.270 e. The number of halogens is 6. The summed E-state index contributed by atoms with van der Waals surface area (Å²) in [6.07, 6.45) is 0. The van der Waals surface area contributed by atoms with Crippen LogP contribution in [0.5, 0.6) is 0 Å². The average molecular weight is 369 g/mol. The Bertz CT molecular complexity index is 900. The van der Waals surface area contributed by atoms with Crippen molar-refractivity contribution < 1.29 is 34.8 Å². The van der Waals surface area contributed by atoms with E-state index in [-0.39, 0.29) is 15.6 Å². The lowest BCUT2D eigenvalue weighted by atomic mass is 10.2. The van der Waals surface area contributed by atoms with E-state index in [2.05, 4.69) is 0 Å². The molecule has 0 N–H and O–H groups in total. The summed E-state index contributed by atoms with van der Waals surface area (Å²) < 4.78 is 105. The maximum atomic E-state index is 13.7. The topological polar surface area (TPSA) is 37.4 Å². The fourth-order valence-electron chi connectivity index (χ4n) is 1.86. The fourth-order valence-corrected chi connectivity index (χ4v) is 3.16. The van der Waals surface area contributed by atoms with Crippen LogP contribution in [-0.4, -0.2) is 15.5 Å². The van der Waals surface area contributed by atoms with Crippen molar-refractivity contribution in [3.05, 3.63) is 58.7 Å². The summed E-state index contributed by atoms with van der Waals surface area (Å²) >= 11 is 0. The molecule has 3 nitrogen and oxygen atoms in total. The summed E-state index contributed by atoms with van der Waals surface area (Å²) in [5.41, 5.74) is -0.192. The molecule has 0 aromatic heterocycles. The number of aryl methyl sites for hydroxylation is 1. The first-order valence-corrected chi connectivity index (χ1v) is 7.70. The molecule has 0 aliphatic heterocycles. The van der Waals surface area contributed by atoms with Crippen molar-refractivity contribution >= 4 is 15.7 Å². The minimum atomic E-state index is -5.17. The van der Waals surface area contributed by atoms with Crippen LogP contribution in [0.4, 0.5) is 32.0 Å². The fraction of sp³-hybridized carbons (Fsp3) is 0.143. The lowest BCUT2D eigenvalue weighted by molar-refractivity contribution is 0.357. The van der Waals surface area contributed by atoms with E-state index >= 15 is 0 Å². The second-order valence-corrected chi connectivity index (χ2v) is 6.71. The maximum Gasteiger partial charge on any atom is 0.270 e. The van der Waals surface area contributed by atoms with Crippen molar-refractivity contribution in [2.45, 2.75) is 11.8 Å². The Morgan fingerprint density at radius 1 is 0.833 bits per heavy atom. The summed E-state index contributed by atoms with van der Waals surface area (Å²) in [5.74, 6) is -13.1. The van der Waals surface area contributed by atoms with E-state index in [1.165, 1.54) is 13.0 Å². The second-order valence-electron chi connectivity index (χ2n) is 4.81. The molecule has 0 saturated heterocycles. The number of sulfonamides is 1. The minimum absolute atomic E-state index is 0.167. The Hall–Kier alpha value is -2.23. The van der Waals surface area contributed by atoms with Crippen molar-refractivity contribution in [2.75, 3.05) is 11.4 Å². The molecule has 2 aromatic carbocycles. The number of rotatable bonds is 3. The van der Waals surface area contributed by atoms with Crippen LogP contribution >= 0.6 is 0 Å². The highest BCUT2D eigenvalue weighted by atomic mass is 32.2. The molecule has 0 atom stereocenters. The number of hydrogen-bond acceptors (Lipinski definition) is 2. The highest BCUT2D eigenvalue weighted by molar-refractivity contribution is 7.92. The molecule has 0 unspecified atom stereocenters. The molecule has 0 spiro atoms. The molecule has 0 heterocycles. The van der Waals surface area contributed by atoms with Gasteiger partial charge in [0.15, 0.2) is 28.2 Å². The van der Waals surface area contributed by atoms with Crippen LogP contribution in [0.2, 0.25) is 0 Å². The third kappa shape index (κ3) is 2.70. The third-order valence-electron chi connectivity index (χ3n) is 3.31. The number of anilines is 1. The Balaban J connectivity index is 2.69. The van der Waals surface area contributed by atoms with E-state index in [0.29, 0.717) is 0 Å². The van der Waals surface area contributed by atoms with Gasteiger partial charge < -0.3 is 0 Å². The average Bonchev–Trinajstić information content (AvgIpc) is 2.52. The predicted octanol–water partition coefficient (Wildman–Crippen LogP) is 3.65. The molecule has 24 heavy (non-hydrogen) atoms. The predicted molar refractivity (Wildman–Crippen MR) is 73.0 cm³/mol. The van der Waals surface area contributed by atoms with Gasteiger partial charge in [-0.3, -0.25) is 4.31 Å². The van der Waals surface area contributed by atoms with Gasteiger partial charge in [0.05, 0.1) is 5.69 Å². The van der Waals surface area contributed by atoms with Crippen LogP contribution in [-0.2, 0) is 10.0 Å². The van der Waals surface area contributed by atoms with Crippen LogP contribution in [0.25, 0.3) is 0 Å². The van der Waals surface area contributed by atoms with Gasteiger partial charge in [0.2, 0.25) is 5.82 Å². The second kappa shape index (κ2) is 6.00.